The lowest BCUT2D eigenvalue weighted by atomic mass is 10.1. The second-order valence-corrected chi connectivity index (χ2v) is 2.88. The Kier molecular flexibility index (Phi) is 2.49. The Hall–Kier alpha value is -2.10. The van der Waals surface area contributed by atoms with E-state index in [0.717, 1.165) is 5.56 Å². The first-order valence-electron chi connectivity index (χ1n) is 4.39. The molecule has 1 radical (unpaired) electrons. The van der Waals surface area contributed by atoms with Crippen molar-refractivity contribution in [1.82, 2.24) is 9.97 Å². The lowest BCUT2D eigenvalue weighted by molar-refractivity contribution is 0.415. The van der Waals surface area contributed by atoms with Crippen LogP contribution in [0.25, 0.3) is 11.3 Å². The average Bonchev–Trinajstić information content (AvgIpc) is 2.29. The molecule has 0 spiro atoms. The summed E-state index contributed by atoms with van der Waals surface area (Å²) >= 11 is 0. The number of aromatic hydroxyl groups is 1. The number of hydrogen-bond donors (Lipinski definition) is 1. The van der Waals surface area contributed by atoms with Gasteiger partial charge in [0.25, 0.3) is 0 Å². The molecule has 75 valence electrons. The molecule has 15 heavy (non-hydrogen) atoms. The molecule has 0 aliphatic carbocycles. The second kappa shape index (κ2) is 3.96. The van der Waals surface area contributed by atoms with E-state index in [1.165, 1.54) is 0 Å². The van der Waals surface area contributed by atoms with Crippen molar-refractivity contribution in [3.63, 3.8) is 0 Å². The number of nitrogens with zero attached hydrogens (tertiary/aromatic N) is 2. The van der Waals surface area contributed by atoms with Crippen LogP contribution in [0.3, 0.4) is 0 Å². The van der Waals surface area contributed by atoms with Gasteiger partial charge in [0.15, 0.2) is 0 Å². The van der Waals surface area contributed by atoms with Crippen LogP contribution in [0.1, 0.15) is 0 Å². The van der Waals surface area contributed by atoms with Crippen molar-refractivity contribution in [2.75, 3.05) is 7.11 Å². The summed E-state index contributed by atoms with van der Waals surface area (Å²) in [5.74, 6) is 0.698. The molecule has 2 rings (SSSR count). The number of para-hydroxylation sites is 1. The van der Waals surface area contributed by atoms with Crippen LogP contribution < -0.4 is 4.74 Å². The summed E-state index contributed by atoms with van der Waals surface area (Å²) in [6.45, 7) is 0. The molecule has 1 aromatic carbocycles. The molecule has 1 heterocycles. The molecule has 0 amide bonds. The summed E-state index contributed by atoms with van der Waals surface area (Å²) < 4.78 is 5.18. The second-order valence-electron chi connectivity index (χ2n) is 2.88. The largest absolute Gasteiger partial charge is 0.496 e. The predicted octanol–water partition coefficient (Wildman–Crippen LogP) is 1.66. The van der Waals surface area contributed by atoms with Crippen molar-refractivity contribution in [3.05, 3.63) is 36.5 Å². The smallest absolute Gasteiger partial charge is 0.315 e. The highest BCUT2D eigenvalue weighted by Gasteiger charge is 2.06. The molecule has 1 N–H and O–H groups in total. The normalized spacial score (nSPS) is 9.93. The Balaban J connectivity index is 2.53. The molecule has 0 saturated heterocycles. The molecule has 1 aromatic heterocycles. The summed E-state index contributed by atoms with van der Waals surface area (Å²) in [6.07, 6.45) is 2.56. The van der Waals surface area contributed by atoms with Crippen LogP contribution in [-0.4, -0.2) is 22.2 Å². The van der Waals surface area contributed by atoms with Gasteiger partial charge in [0.05, 0.1) is 19.0 Å². The molecule has 0 fully saturated rings. The van der Waals surface area contributed by atoms with E-state index in [1.54, 1.807) is 13.2 Å². The van der Waals surface area contributed by atoms with Gasteiger partial charge in [-0.15, -0.1) is 0 Å². The summed E-state index contributed by atoms with van der Waals surface area (Å²) in [5.41, 5.74) is 1.38. The van der Waals surface area contributed by atoms with Crippen LogP contribution in [0.15, 0.2) is 30.3 Å². The van der Waals surface area contributed by atoms with Gasteiger partial charge in [-0.1, -0.05) is 12.1 Å². The van der Waals surface area contributed by atoms with E-state index in [1.807, 2.05) is 24.3 Å². The summed E-state index contributed by atoms with van der Waals surface area (Å²) in [7, 11) is 1.59. The number of benzene rings is 1. The van der Waals surface area contributed by atoms with Gasteiger partial charge in [-0.25, -0.2) is 0 Å². The van der Waals surface area contributed by atoms with Crippen molar-refractivity contribution in [2.24, 2.45) is 0 Å². The third kappa shape index (κ3) is 1.88. The van der Waals surface area contributed by atoms with Crippen LogP contribution in [0, 0.1) is 6.20 Å². The number of hydrogen-bond acceptors (Lipinski definition) is 4. The van der Waals surface area contributed by atoms with Gasteiger partial charge in [-0.05, 0) is 18.2 Å². The van der Waals surface area contributed by atoms with Gasteiger partial charge in [0, 0.05) is 5.56 Å². The average molecular weight is 201 g/mol. The SMILES string of the molecule is COc1ccccc1-c1c[c]nc(O)n1. The third-order valence-corrected chi connectivity index (χ3v) is 1.97. The highest BCUT2D eigenvalue weighted by molar-refractivity contribution is 5.66. The van der Waals surface area contributed by atoms with E-state index in [2.05, 4.69) is 16.2 Å². The van der Waals surface area contributed by atoms with E-state index < -0.39 is 0 Å². The van der Waals surface area contributed by atoms with Gasteiger partial charge < -0.3 is 9.84 Å². The molecule has 4 heteroatoms. The fourth-order valence-electron chi connectivity index (χ4n) is 1.31. The van der Waals surface area contributed by atoms with E-state index in [0.29, 0.717) is 11.4 Å². The first-order chi connectivity index (χ1) is 7.31. The van der Waals surface area contributed by atoms with Crippen LogP contribution >= 0.6 is 0 Å². The Morgan fingerprint density at radius 2 is 2.13 bits per heavy atom. The van der Waals surface area contributed by atoms with Crippen LogP contribution in [0.2, 0.25) is 0 Å². The maximum Gasteiger partial charge on any atom is 0.315 e. The zero-order chi connectivity index (χ0) is 10.7. The van der Waals surface area contributed by atoms with Crippen LogP contribution in [-0.2, 0) is 0 Å². The summed E-state index contributed by atoms with van der Waals surface area (Å²) in [4.78, 5) is 7.38. The van der Waals surface area contributed by atoms with Gasteiger partial charge >= 0.3 is 6.01 Å². The number of methoxy groups -OCH3 is 1. The topological polar surface area (TPSA) is 55.2 Å². The Morgan fingerprint density at radius 3 is 2.87 bits per heavy atom. The molecule has 0 unspecified atom stereocenters. The van der Waals surface area contributed by atoms with Gasteiger partial charge in [-0.2, -0.15) is 9.97 Å². The van der Waals surface area contributed by atoms with Gasteiger partial charge in [0.1, 0.15) is 5.75 Å². The molecule has 0 aliphatic rings. The Labute approximate surface area is 87.2 Å². The Bertz CT molecular complexity index is 472. The Morgan fingerprint density at radius 1 is 1.33 bits per heavy atom. The molecule has 0 saturated carbocycles. The zero-order valence-electron chi connectivity index (χ0n) is 8.14. The zero-order valence-corrected chi connectivity index (χ0v) is 8.14. The molecule has 0 bridgehead atoms. The first-order valence-corrected chi connectivity index (χ1v) is 4.39. The fraction of sp³-hybridized carbons (Fsp3) is 0.0909. The van der Waals surface area contributed by atoms with Crippen molar-refractivity contribution < 1.29 is 9.84 Å². The minimum absolute atomic E-state index is 0.293. The minimum Gasteiger partial charge on any atom is -0.496 e. The van der Waals surface area contributed by atoms with Crippen molar-refractivity contribution in [1.29, 1.82) is 0 Å². The maximum absolute atomic E-state index is 9.14. The van der Waals surface area contributed by atoms with Gasteiger partial charge in [-0.3, -0.25) is 0 Å². The minimum atomic E-state index is -0.293. The van der Waals surface area contributed by atoms with E-state index in [4.69, 9.17) is 9.84 Å². The first kappa shape index (κ1) is 9.45. The van der Waals surface area contributed by atoms with Gasteiger partial charge in [0.2, 0.25) is 0 Å². The number of ether oxygens (including phenoxy) is 1. The molecular formula is C11H9N2O2. The highest BCUT2D eigenvalue weighted by Crippen LogP contribution is 2.27. The molecule has 4 nitrogen and oxygen atoms in total. The molecular weight excluding hydrogens is 192 g/mol. The lowest BCUT2D eigenvalue weighted by Crippen LogP contribution is -1.90. The third-order valence-electron chi connectivity index (χ3n) is 1.97. The predicted molar refractivity (Wildman–Crippen MR) is 54.5 cm³/mol. The van der Waals surface area contributed by atoms with E-state index in [-0.39, 0.29) is 6.01 Å². The monoisotopic (exact) mass is 201 g/mol. The standard InChI is InChI=1S/C11H9N2O2/c1-15-10-5-3-2-4-8(10)9-6-7-12-11(14)13-9/h2-6H,1H3,(H,12,13,14). The van der Waals surface area contributed by atoms with Crippen LogP contribution in [0.4, 0.5) is 0 Å². The molecule has 0 atom stereocenters. The highest BCUT2D eigenvalue weighted by atomic mass is 16.5. The van der Waals surface area contributed by atoms with Crippen molar-refractivity contribution in [2.45, 2.75) is 0 Å². The van der Waals surface area contributed by atoms with Crippen molar-refractivity contribution in [3.8, 4) is 23.0 Å². The number of rotatable bonds is 2. The van der Waals surface area contributed by atoms with E-state index >= 15 is 0 Å². The molecule has 0 aliphatic heterocycles. The summed E-state index contributed by atoms with van der Waals surface area (Å²) in [6, 6.07) is 8.73. The summed E-state index contributed by atoms with van der Waals surface area (Å²) in [5, 5.41) is 9.14. The quantitative estimate of drug-likeness (QED) is 0.802. The number of aromatic nitrogens is 2. The van der Waals surface area contributed by atoms with Crippen molar-refractivity contribution >= 4 is 0 Å². The maximum atomic E-state index is 9.14. The molecule has 2 aromatic rings. The lowest BCUT2D eigenvalue weighted by Gasteiger charge is -2.06. The fourth-order valence-corrected chi connectivity index (χ4v) is 1.31. The van der Waals surface area contributed by atoms with E-state index in [9.17, 15) is 0 Å². The van der Waals surface area contributed by atoms with Crippen LogP contribution in [0.5, 0.6) is 11.8 Å².